The van der Waals surface area contributed by atoms with Crippen molar-refractivity contribution < 1.29 is 22.7 Å². The van der Waals surface area contributed by atoms with Crippen molar-refractivity contribution in [3.8, 4) is 0 Å². The molecular formula is C15H20N2O5S. The van der Waals surface area contributed by atoms with Crippen LogP contribution >= 0.6 is 0 Å². The van der Waals surface area contributed by atoms with E-state index in [0.717, 1.165) is 18.4 Å². The minimum absolute atomic E-state index is 0.0533. The van der Waals surface area contributed by atoms with Gasteiger partial charge in [0.15, 0.2) is 0 Å². The summed E-state index contributed by atoms with van der Waals surface area (Å²) in [5, 5.41) is 2.49. The molecule has 1 fully saturated rings. The Labute approximate surface area is 135 Å². The first-order valence-corrected chi connectivity index (χ1v) is 8.76. The fourth-order valence-corrected chi connectivity index (χ4v) is 4.16. The lowest BCUT2D eigenvalue weighted by molar-refractivity contribution is -0.142. The zero-order valence-corrected chi connectivity index (χ0v) is 14.0. The van der Waals surface area contributed by atoms with E-state index in [1.165, 1.54) is 23.5 Å². The number of benzene rings is 1. The monoisotopic (exact) mass is 340 g/mol. The molecule has 0 saturated carbocycles. The number of ether oxygens (including phenoxy) is 1. The molecule has 2 rings (SSSR count). The maximum atomic E-state index is 12.8. The molecule has 1 saturated heterocycles. The van der Waals surface area contributed by atoms with Crippen molar-refractivity contribution in [2.45, 2.75) is 31.1 Å². The molecule has 0 unspecified atom stereocenters. The third-order valence-corrected chi connectivity index (χ3v) is 5.57. The van der Waals surface area contributed by atoms with Crippen LogP contribution in [0.5, 0.6) is 0 Å². The maximum Gasteiger partial charge on any atom is 0.315 e. The van der Waals surface area contributed by atoms with Gasteiger partial charge >= 0.3 is 5.97 Å². The number of hydrogen-bond donors (Lipinski definition) is 1. The number of amides is 1. The minimum atomic E-state index is -3.67. The highest BCUT2D eigenvalue weighted by atomic mass is 32.2. The van der Waals surface area contributed by atoms with E-state index in [9.17, 15) is 18.0 Å². The van der Waals surface area contributed by atoms with E-state index in [1.54, 1.807) is 13.0 Å². The number of anilines is 1. The quantitative estimate of drug-likeness (QED) is 0.644. The zero-order chi connectivity index (χ0) is 17.0. The lowest BCUT2D eigenvalue weighted by Crippen LogP contribution is -2.29. The van der Waals surface area contributed by atoms with Crippen molar-refractivity contribution >= 4 is 27.6 Å². The molecule has 0 aromatic heterocycles. The summed E-state index contributed by atoms with van der Waals surface area (Å²) in [7, 11) is -2.48. The number of rotatable bonds is 5. The molecule has 7 nitrogen and oxygen atoms in total. The number of carbonyl (C=O) groups excluding carboxylic acids is 2. The summed E-state index contributed by atoms with van der Waals surface area (Å²) in [6.45, 7) is 2.74. The topological polar surface area (TPSA) is 92.8 Å². The van der Waals surface area contributed by atoms with Gasteiger partial charge in [0, 0.05) is 13.1 Å². The number of hydrogen-bond acceptors (Lipinski definition) is 5. The lowest BCUT2D eigenvalue weighted by Gasteiger charge is -2.19. The van der Waals surface area contributed by atoms with Crippen molar-refractivity contribution in [1.29, 1.82) is 0 Å². The van der Waals surface area contributed by atoms with Crippen LogP contribution in [0.4, 0.5) is 5.69 Å². The van der Waals surface area contributed by atoms with E-state index in [-0.39, 0.29) is 10.6 Å². The van der Waals surface area contributed by atoms with Gasteiger partial charge in [-0.1, -0.05) is 6.07 Å². The molecule has 1 aliphatic rings. The van der Waals surface area contributed by atoms with Crippen LogP contribution in [0.25, 0.3) is 0 Å². The number of esters is 1. The zero-order valence-electron chi connectivity index (χ0n) is 13.2. The third kappa shape index (κ3) is 4.08. The van der Waals surface area contributed by atoms with Gasteiger partial charge < -0.3 is 10.1 Å². The highest BCUT2D eigenvalue weighted by Gasteiger charge is 2.30. The number of aryl methyl sites for hydroxylation is 1. The van der Waals surface area contributed by atoms with Crippen LogP contribution in [0, 0.1) is 6.92 Å². The van der Waals surface area contributed by atoms with E-state index < -0.39 is 28.3 Å². The molecule has 0 spiro atoms. The first kappa shape index (κ1) is 17.4. The number of nitrogens with zero attached hydrogens (tertiary/aromatic N) is 1. The van der Waals surface area contributed by atoms with E-state index in [4.69, 9.17) is 0 Å². The summed E-state index contributed by atoms with van der Waals surface area (Å²) >= 11 is 0. The van der Waals surface area contributed by atoms with E-state index in [2.05, 4.69) is 10.1 Å². The number of nitrogens with one attached hydrogen (secondary N) is 1. The van der Waals surface area contributed by atoms with Crippen LogP contribution in [0.1, 0.15) is 24.8 Å². The number of carbonyl (C=O) groups is 2. The molecule has 8 heteroatoms. The van der Waals surface area contributed by atoms with Gasteiger partial charge in [-0.15, -0.1) is 0 Å². The number of methoxy groups -OCH3 is 1. The van der Waals surface area contributed by atoms with Crippen molar-refractivity contribution in [3.05, 3.63) is 23.8 Å². The summed E-state index contributed by atoms with van der Waals surface area (Å²) in [6, 6.07) is 4.77. The summed E-state index contributed by atoms with van der Waals surface area (Å²) < 4.78 is 31.3. The second-order valence-electron chi connectivity index (χ2n) is 5.41. The average molecular weight is 340 g/mol. The van der Waals surface area contributed by atoms with Gasteiger partial charge in [0.05, 0.1) is 12.8 Å². The molecule has 1 aliphatic heterocycles. The van der Waals surface area contributed by atoms with Crippen LogP contribution in [0.15, 0.2) is 23.1 Å². The van der Waals surface area contributed by atoms with Crippen LogP contribution in [0.2, 0.25) is 0 Å². The first-order valence-electron chi connectivity index (χ1n) is 7.32. The van der Waals surface area contributed by atoms with Crippen LogP contribution in [-0.2, 0) is 24.3 Å². The molecule has 0 aliphatic carbocycles. The Hall–Kier alpha value is -1.93. The van der Waals surface area contributed by atoms with Gasteiger partial charge in [0.2, 0.25) is 15.9 Å². The molecular weight excluding hydrogens is 320 g/mol. The van der Waals surface area contributed by atoms with Crippen molar-refractivity contribution in [2.75, 3.05) is 25.5 Å². The SMILES string of the molecule is COC(=O)CC(=O)Nc1ccc(C)cc1S(=O)(=O)N1CCCC1. The molecule has 0 bridgehead atoms. The molecule has 23 heavy (non-hydrogen) atoms. The largest absolute Gasteiger partial charge is 0.469 e. The van der Waals surface area contributed by atoms with Crippen LogP contribution < -0.4 is 5.32 Å². The van der Waals surface area contributed by atoms with Crippen molar-refractivity contribution in [3.63, 3.8) is 0 Å². The Morgan fingerprint density at radius 1 is 1.26 bits per heavy atom. The Morgan fingerprint density at radius 3 is 2.52 bits per heavy atom. The highest BCUT2D eigenvalue weighted by Crippen LogP contribution is 2.28. The van der Waals surface area contributed by atoms with Crippen molar-refractivity contribution in [1.82, 2.24) is 4.31 Å². The van der Waals surface area contributed by atoms with Crippen LogP contribution in [-0.4, -0.2) is 44.8 Å². The fourth-order valence-electron chi connectivity index (χ4n) is 2.41. The maximum absolute atomic E-state index is 12.8. The predicted octanol–water partition coefficient (Wildman–Crippen LogP) is 1.28. The molecule has 1 aromatic carbocycles. The van der Waals surface area contributed by atoms with Gasteiger partial charge in [0.1, 0.15) is 11.3 Å². The predicted molar refractivity (Wildman–Crippen MR) is 84.4 cm³/mol. The normalized spacial score (nSPS) is 15.4. The first-order chi connectivity index (χ1) is 10.8. The molecule has 0 atom stereocenters. The van der Waals surface area contributed by atoms with Gasteiger partial charge in [0.25, 0.3) is 0 Å². The van der Waals surface area contributed by atoms with Gasteiger partial charge in [-0.2, -0.15) is 4.31 Å². The van der Waals surface area contributed by atoms with Gasteiger partial charge in [-0.25, -0.2) is 8.42 Å². The fraction of sp³-hybridized carbons (Fsp3) is 0.467. The molecule has 1 heterocycles. The highest BCUT2D eigenvalue weighted by molar-refractivity contribution is 7.89. The second-order valence-corrected chi connectivity index (χ2v) is 7.32. The molecule has 1 aromatic rings. The molecule has 0 radical (unpaired) electrons. The molecule has 126 valence electrons. The van der Waals surface area contributed by atoms with E-state index >= 15 is 0 Å². The number of sulfonamides is 1. The van der Waals surface area contributed by atoms with Gasteiger partial charge in [-0.05, 0) is 37.5 Å². The molecule has 1 amide bonds. The standard InChI is InChI=1S/C15H20N2O5S/c1-11-5-6-12(16-14(18)10-15(19)22-2)13(9-11)23(20,21)17-7-3-4-8-17/h5-6,9H,3-4,7-8,10H2,1-2H3,(H,16,18). The third-order valence-electron chi connectivity index (χ3n) is 3.63. The van der Waals surface area contributed by atoms with Crippen molar-refractivity contribution in [2.24, 2.45) is 0 Å². The van der Waals surface area contributed by atoms with E-state index in [1.807, 2.05) is 0 Å². The lowest BCUT2D eigenvalue weighted by atomic mass is 10.2. The second kappa shape index (κ2) is 7.10. The Balaban J connectivity index is 2.30. The average Bonchev–Trinajstić information content (AvgIpc) is 3.03. The Morgan fingerprint density at radius 2 is 1.91 bits per heavy atom. The Kier molecular flexibility index (Phi) is 5.38. The van der Waals surface area contributed by atoms with E-state index in [0.29, 0.717) is 13.1 Å². The summed E-state index contributed by atoms with van der Waals surface area (Å²) in [5.41, 5.74) is 0.949. The Bertz CT molecular complexity index is 709. The summed E-state index contributed by atoms with van der Waals surface area (Å²) in [5.74, 6) is -1.29. The minimum Gasteiger partial charge on any atom is -0.469 e. The van der Waals surface area contributed by atoms with Gasteiger partial charge in [-0.3, -0.25) is 9.59 Å². The van der Waals surface area contributed by atoms with Crippen LogP contribution in [0.3, 0.4) is 0 Å². The summed E-state index contributed by atoms with van der Waals surface area (Å²) in [6.07, 6.45) is 1.19. The summed E-state index contributed by atoms with van der Waals surface area (Å²) in [4.78, 5) is 23.0. The molecule has 1 N–H and O–H groups in total. The smallest absolute Gasteiger partial charge is 0.315 e.